The molecule has 0 aliphatic rings. The molecule has 0 bridgehead atoms. The van der Waals surface area contributed by atoms with Crippen LogP contribution in [0.3, 0.4) is 0 Å². The molecule has 0 saturated carbocycles. The summed E-state index contributed by atoms with van der Waals surface area (Å²) in [6, 6.07) is 11.0. The van der Waals surface area contributed by atoms with Gasteiger partial charge in [-0.2, -0.15) is 5.10 Å². The van der Waals surface area contributed by atoms with Crippen LogP contribution in [0, 0.1) is 13.8 Å². The van der Waals surface area contributed by atoms with Crippen molar-refractivity contribution in [1.82, 2.24) is 5.43 Å². The van der Waals surface area contributed by atoms with Gasteiger partial charge in [-0.15, -0.1) is 0 Å². The summed E-state index contributed by atoms with van der Waals surface area (Å²) in [6.45, 7) is 3.92. The summed E-state index contributed by atoms with van der Waals surface area (Å²) >= 11 is 0. The van der Waals surface area contributed by atoms with E-state index in [2.05, 4.69) is 15.8 Å². The van der Waals surface area contributed by atoms with Crippen molar-refractivity contribution in [1.29, 1.82) is 0 Å². The van der Waals surface area contributed by atoms with Crippen LogP contribution in [0.25, 0.3) is 0 Å². The summed E-state index contributed by atoms with van der Waals surface area (Å²) in [5.41, 5.74) is 5.96. The van der Waals surface area contributed by atoms with Crippen LogP contribution in [0.4, 0.5) is 5.69 Å². The summed E-state index contributed by atoms with van der Waals surface area (Å²) in [6.07, 6.45) is 1.58. The first kappa shape index (κ1) is 21.0. The maximum absolute atomic E-state index is 12.0. The number of carbonyl (C=O) groups excluding carboxylic acids is 2. The Hall–Kier alpha value is -3.35. The number of nitrogens with one attached hydrogen (secondary N) is 2. The van der Waals surface area contributed by atoms with E-state index in [0.717, 1.165) is 16.8 Å². The van der Waals surface area contributed by atoms with Crippen molar-refractivity contribution < 1.29 is 19.1 Å². The fourth-order valence-corrected chi connectivity index (χ4v) is 2.55. The zero-order valence-electron chi connectivity index (χ0n) is 16.5. The monoisotopic (exact) mass is 383 g/mol. The smallest absolute Gasteiger partial charge is 0.240 e. The highest BCUT2D eigenvalue weighted by Crippen LogP contribution is 2.23. The van der Waals surface area contributed by atoms with Gasteiger partial charge in [0.15, 0.2) is 0 Å². The number of benzene rings is 2. The van der Waals surface area contributed by atoms with Gasteiger partial charge in [0.25, 0.3) is 0 Å². The number of hydrazone groups is 1. The number of methoxy groups -OCH3 is 2. The van der Waals surface area contributed by atoms with E-state index >= 15 is 0 Å². The van der Waals surface area contributed by atoms with Crippen LogP contribution in [0.5, 0.6) is 11.5 Å². The Balaban J connectivity index is 1.82. The molecule has 7 heteroatoms. The van der Waals surface area contributed by atoms with E-state index in [4.69, 9.17) is 9.47 Å². The second kappa shape index (κ2) is 10.1. The lowest BCUT2D eigenvalue weighted by atomic mass is 10.1. The number of hydrogen-bond donors (Lipinski definition) is 2. The molecule has 2 aromatic carbocycles. The fourth-order valence-electron chi connectivity index (χ4n) is 2.55. The molecule has 2 aromatic rings. The van der Waals surface area contributed by atoms with Gasteiger partial charge in [-0.1, -0.05) is 17.7 Å². The predicted molar refractivity (Wildman–Crippen MR) is 109 cm³/mol. The molecule has 0 spiro atoms. The quantitative estimate of drug-likeness (QED) is 0.541. The minimum atomic E-state index is -0.348. The average Bonchev–Trinajstić information content (AvgIpc) is 2.68. The van der Waals surface area contributed by atoms with Crippen LogP contribution in [-0.2, 0) is 9.59 Å². The van der Waals surface area contributed by atoms with Gasteiger partial charge in [-0.25, -0.2) is 5.43 Å². The SMILES string of the molecule is COc1ccc(/C=N/NC(=O)CCC(=O)Nc2ccc(C)cc2C)c(OC)c1. The topological polar surface area (TPSA) is 89.0 Å². The standard InChI is InChI=1S/C21H25N3O4/c1-14-5-8-18(15(2)11-14)23-20(25)9-10-21(26)24-22-13-16-6-7-17(27-3)12-19(16)28-4/h5-8,11-13H,9-10H2,1-4H3,(H,23,25)(H,24,26)/b22-13+. The highest BCUT2D eigenvalue weighted by molar-refractivity contribution is 5.94. The largest absolute Gasteiger partial charge is 0.497 e. The Kier molecular flexibility index (Phi) is 7.56. The van der Waals surface area contributed by atoms with Gasteiger partial charge in [-0.05, 0) is 37.6 Å². The molecule has 0 heterocycles. The van der Waals surface area contributed by atoms with Crippen molar-refractivity contribution >= 4 is 23.7 Å². The van der Waals surface area contributed by atoms with Crippen LogP contribution in [-0.4, -0.2) is 32.2 Å². The van der Waals surface area contributed by atoms with Gasteiger partial charge in [0, 0.05) is 30.2 Å². The molecule has 148 valence electrons. The van der Waals surface area contributed by atoms with Crippen molar-refractivity contribution in [3.05, 3.63) is 53.1 Å². The third kappa shape index (κ3) is 6.12. The highest BCUT2D eigenvalue weighted by Gasteiger charge is 2.08. The van der Waals surface area contributed by atoms with Gasteiger partial charge in [0.05, 0.1) is 20.4 Å². The van der Waals surface area contributed by atoms with Crippen molar-refractivity contribution in [2.45, 2.75) is 26.7 Å². The molecule has 0 fully saturated rings. The van der Waals surface area contributed by atoms with Crippen LogP contribution in [0.15, 0.2) is 41.5 Å². The molecular weight excluding hydrogens is 358 g/mol. The maximum Gasteiger partial charge on any atom is 0.240 e. The van der Waals surface area contributed by atoms with Crippen molar-refractivity contribution in [3.8, 4) is 11.5 Å². The summed E-state index contributed by atoms with van der Waals surface area (Å²) in [7, 11) is 3.11. The molecule has 28 heavy (non-hydrogen) atoms. The number of nitrogens with zero attached hydrogens (tertiary/aromatic N) is 1. The van der Waals surface area contributed by atoms with E-state index in [0.29, 0.717) is 17.1 Å². The second-order valence-electron chi connectivity index (χ2n) is 6.27. The maximum atomic E-state index is 12.0. The molecule has 0 atom stereocenters. The van der Waals surface area contributed by atoms with Crippen LogP contribution in [0.2, 0.25) is 0 Å². The molecule has 0 saturated heterocycles. The molecule has 0 unspecified atom stereocenters. The fraction of sp³-hybridized carbons (Fsp3) is 0.286. The minimum Gasteiger partial charge on any atom is -0.497 e. The molecule has 0 aliphatic carbocycles. The lowest BCUT2D eigenvalue weighted by Crippen LogP contribution is -2.21. The number of hydrogen-bond acceptors (Lipinski definition) is 5. The molecule has 2 rings (SSSR count). The van der Waals surface area contributed by atoms with Gasteiger partial charge in [-0.3, -0.25) is 9.59 Å². The summed E-state index contributed by atoms with van der Waals surface area (Å²) in [5.74, 6) is 0.667. The molecule has 0 aliphatic heterocycles. The first-order chi connectivity index (χ1) is 13.4. The van der Waals surface area contributed by atoms with E-state index < -0.39 is 0 Å². The third-order valence-electron chi connectivity index (χ3n) is 4.07. The number of ether oxygens (including phenoxy) is 2. The molecule has 2 amide bonds. The Morgan fingerprint density at radius 3 is 2.43 bits per heavy atom. The Bertz CT molecular complexity index is 878. The number of rotatable bonds is 8. The minimum absolute atomic E-state index is 0.0355. The number of anilines is 1. The Morgan fingerprint density at radius 2 is 1.75 bits per heavy atom. The predicted octanol–water partition coefficient (Wildman–Crippen LogP) is 3.19. The zero-order chi connectivity index (χ0) is 20.5. The van der Waals surface area contributed by atoms with E-state index in [1.165, 1.54) is 6.21 Å². The molecule has 0 radical (unpaired) electrons. The van der Waals surface area contributed by atoms with Crippen LogP contribution in [0.1, 0.15) is 29.5 Å². The van der Waals surface area contributed by atoms with Gasteiger partial charge >= 0.3 is 0 Å². The van der Waals surface area contributed by atoms with E-state index in [-0.39, 0.29) is 24.7 Å². The van der Waals surface area contributed by atoms with Crippen LogP contribution < -0.4 is 20.2 Å². The van der Waals surface area contributed by atoms with Gasteiger partial charge < -0.3 is 14.8 Å². The third-order valence-corrected chi connectivity index (χ3v) is 4.07. The van der Waals surface area contributed by atoms with Gasteiger partial charge in [0.2, 0.25) is 11.8 Å². The molecule has 7 nitrogen and oxygen atoms in total. The van der Waals surface area contributed by atoms with E-state index in [1.54, 1.807) is 32.4 Å². The summed E-state index contributed by atoms with van der Waals surface area (Å²) < 4.78 is 10.4. The number of carbonyl (C=O) groups is 2. The Labute approximate surface area is 164 Å². The Morgan fingerprint density at radius 1 is 1.00 bits per heavy atom. The summed E-state index contributed by atoms with van der Waals surface area (Å²) in [4.78, 5) is 23.9. The number of amides is 2. The van der Waals surface area contributed by atoms with Crippen LogP contribution >= 0.6 is 0 Å². The molecular formula is C21H25N3O4. The van der Waals surface area contributed by atoms with Crippen molar-refractivity contribution in [3.63, 3.8) is 0 Å². The zero-order valence-corrected chi connectivity index (χ0v) is 16.5. The molecule has 2 N–H and O–H groups in total. The normalized spacial score (nSPS) is 10.6. The van der Waals surface area contributed by atoms with E-state index in [1.807, 2.05) is 32.0 Å². The molecule has 0 aromatic heterocycles. The van der Waals surface area contributed by atoms with E-state index in [9.17, 15) is 9.59 Å². The highest BCUT2D eigenvalue weighted by atomic mass is 16.5. The van der Waals surface area contributed by atoms with Crippen molar-refractivity contribution in [2.24, 2.45) is 5.10 Å². The summed E-state index contributed by atoms with van der Waals surface area (Å²) in [5, 5.41) is 6.73. The van der Waals surface area contributed by atoms with Crippen molar-refractivity contribution in [2.75, 3.05) is 19.5 Å². The second-order valence-corrected chi connectivity index (χ2v) is 6.27. The lowest BCUT2D eigenvalue weighted by Gasteiger charge is -2.09. The first-order valence-electron chi connectivity index (χ1n) is 8.84. The number of aryl methyl sites for hydroxylation is 2. The lowest BCUT2D eigenvalue weighted by molar-refractivity contribution is -0.124. The first-order valence-corrected chi connectivity index (χ1v) is 8.84. The average molecular weight is 383 g/mol. The van der Waals surface area contributed by atoms with Gasteiger partial charge in [0.1, 0.15) is 11.5 Å².